The molecule has 1 amide bonds. The lowest BCUT2D eigenvalue weighted by molar-refractivity contribution is 0.0700. The molecule has 0 spiro atoms. The first-order valence-corrected chi connectivity index (χ1v) is 5.78. The summed E-state index contributed by atoms with van der Waals surface area (Å²) in [6.45, 7) is 5.35. The van der Waals surface area contributed by atoms with Gasteiger partial charge in [0, 0.05) is 13.6 Å². The van der Waals surface area contributed by atoms with Crippen LogP contribution in [0.4, 0.5) is 5.69 Å². The smallest absolute Gasteiger partial charge is 0.293 e. The van der Waals surface area contributed by atoms with E-state index in [1.165, 1.54) is 0 Å². The van der Waals surface area contributed by atoms with Gasteiger partial charge in [-0.3, -0.25) is 10.0 Å². The number of pyridine rings is 1. The second-order valence-corrected chi connectivity index (χ2v) is 4.18. The van der Waals surface area contributed by atoms with E-state index < -0.39 is 5.91 Å². The first-order chi connectivity index (χ1) is 8.54. The van der Waals surface area contributed by atoms with Gasteiger partial charge >= 0.3 is 0 Å². The van der Waals surface area contributed by atoms with Crippen LogP contribution in [0, 0.1) is 0 Å². The standard InChI is InChI=1S/C12H19N3O3/c1-9(2)18-7-6-15(3)10-4-5-11(13-8-10)12(16)14-17/h4-5,8-9,17H,6-7H2,1-3H3,(H,14,16). The van der Waals surface area contributed by atoms with E-state index in [4.69, 9.17) is 9.94 Å². The number of aromatic nitrogens is 1. The van der Waals surface area contributed by atoms with Gasteiger partial charge in [-0.1, -0.05) is 0 Å². The Morgan fingerprint density at radius 1 is 1.56 bits per heavy atom. The second-order valence-electron chi connectivity index (χ2n) is 4.18. The van der Waals surface area contributed by atoms with Gasteiger partial charge in [0.2, 0.25) is 0 Å². The number of amides is 1. The van der Waals surface area contributed by atoms with E-state index in [2.05, 4.69) is 4.98 Å². The molecular weight excluding hydrogens is 234 g/mol. The zero-order valence-corrected chi connectivity index (χ0v) is 10.9. The molecule has 0 saturated heterocycles. The number of ether oxygens (including phenoxy) is 1. The van der Waals surface area contributed by atoms with Crippen molar-refractivity contribution in [2.24, 2.45) is 0 Å². The number of likely N-dealkylation sites (N-methyl/N-ethyl adjacent to an activating group) is 1. The van der Waals surface area contributed by atoms with E-state index in [1.807, 2.05) is 25.8 Å². The minimum absolute atomic E-state index is 0.174. The van der Waals surface area contributed by atoms with Crippen LogP contribution in [0.2, 0.25) is 0 Å². The second kappa shape index (κ2) is 6.93. The topological polar surface area (TPSA) is 74.7 Å². The summed E-state index contributed by atoms with van der Waals surface area (Å²) >= 11 is 0. The van der Waals surface area contributed by atoms with Crippen LogP contribution in [0.3, 0.4) is 0 Å². The van der Waals surface area contributed by atoms with Crippen molar-refractivity contribution in [3.05, 3.63) is 24.0 Å². The zero-order chi connectivity index (χ0) is 13.5. The molecule has 0 aliphatic rings. The number of nitrogens with one attached hydrogen (secondary N) is 1. The number of carbonyl (C=O) groups excluding carboxylic acids is 1. The van der Waals surface area contributed by atoms with Crippen LogP contribution in [-0.2, 0) is 4.74 Å². The highest BCUT2D eigenvalue weighted by Gasteiger charge is 2.07. The summed E-state index contributed by atoms with van der Waals surface area (Å²) < 4.78 is 5.45. The number of anilines is 1. The summed E-state index contributed by atoms with van der Waals surface area (Å²) in [6.07, 6.45) is 1.80. The fourth-order valence-corrected chi connectivity index (χ4v) is 1.36. The summed E-state index contributed by atoms with van der Waals surface area (Å²) in [6, 6.07) is 3.33. The van der Waals surface area contributed by atoms with E-state index in [1.54, 1.807) is 23.8 Å². The number of hydroxylamine groups is 1. The van der Waals surface area contributed by atoms with Gasteiger partial charge in [-0.25, -0.2) is 10.5 Å². The maximum absolute atomic E-state index is 11.1. The van der Waals surface area contributed by atoms with Crippen LogP contribution in [0.1, 0.15) is 24.3 Å². The molecule has 0 radical (unpaired) electrons. The predicted molar refractivity (Wildman–Crippen MR) is 67.8 cm³/mol. The summed E-state index contributed by atoms with van der Waals surface area (Å²) in [5.41, 5.74) is 2.60. The van der Waals surface area contributed by atoms with Gasteiger partial charge in [-0.15, -0.1) is 0 Å². The van der Waals surface area contributed by atoms with E-state index in [0.29, 0.717) is 6.61 Å². The molecule has 100 valence electrons. The largest absolute Gasteiger partial charge is 0.377 e. The van der Waals surface area contributed by atoms with Gasteiger partial charge in [0.05, 0.1) is 24.6 Å². The maximum atomic E-state index is 11.1. The Labute approximate surface area is 107 Å². The molecule has 1 aromatic heterocycles. The van der Waals surface area contributed by atoms with Gasteiger partial charge in [-0.2, -0.15) is 0 Å². The van der Waals surface area contributed by atoms with Crippen molar-refractivity contribution in [2.45, 2.75) is 20.0 Å². The quantitative estimate of drug-likeness (QED) is 0.586. The summed E-state index contributed by atoms with van der Waals surface area (Å²) in [7, 11) is 1.92. The Balaban J connectivity index is 2.53. The Kier molecular flexibility index (Phi) is 5.54. The van der Waals surface area contributed by atoms with Gasteiger partial charge in [0.15, 0.2) is 0 Å². The van der Waals surface area contributed by atoms with Crippen LogP contribution in [-0.4, -0.2) is 42.4 Å². The van der Waals surface area contributed by atoms with Crippen LogP contribution < -0.4 is 10.4 Å². The van der Waals surface area contributed by atoms with Gasteiger partial charge in [-0.05, 0) is 26.0 Å². The summed E-state index contributed by atoms with van der Waals surface area (Å²) in [4.78, 5) is 17.0. The maximum Gasteiger partial charge on any atom is 0.293 e. The minimum atomic E-state index is -0.618. The van der Waals surface area contributed by atoms with Gasteiger partial charge < -0.3 is 9.64 Å². The Morgan fingerprint density at radius 2 is 2.28 bits per heavy atom. The zero-order valence-electron chi connectivity index (χ0n) is 10.9. The van der Waals surface area contributed by atoms with Gasteiger partial charge in [0.25, 0.3) is 5.91 Å². The SMILES string of the molecule is CC(C)OCCN(C)c1ccc(C(=O)NO)nc1. The number of hydrogen-bond acceptors (Lipinski definition) is 5. The molecule has 0 fully saturated rings. The Bertz CT molecular complexity index is 379. The lowest BCUT2D eigenvalue weighted by Crippen LogP contribution is -2.24. The van der Waals surface area contributed by atoms with Crippen LogP contribution >= 0.6 is 0 Å². The van der Waals surface area contributed by atoms with Crippen molar-refractivity contribution < 1.29 is 14.7 Å². The number of nitrogens with zero attached hydrogens (tertiary/aromatic N) is 2. The summed E-state index contributed by atoms with van der Waals surface area (Å²) in [5.74, 6) is -0.618. The molecule has 0 saturated carbocycles. The normalized spacial score (nSPS) is 10.5. The molecule has 0 aromatic carbocycles. The minimum Gasteiger partial charge on any atom is -0.377 e. The van der Waals surface area contributed by atoms with E-state index in [-0.39, 0.29) is 11.8 Å². The lowest BCUT2D eigenvalue weighted by Gasteiger charge is -2.19. The fraction of sp³-hybridized carbons (Fsp3) is 0.500. The third-order valence-corrected chi connectivity index (χ3v) is 2.40. The molecule has 1 aromatic rings. The fourth-order valence-electron chi connectivity index (χ4n) is 1.36. The third kappa shape index (κ3) is 4.31. The van der Waals surface area contributed by atoms with Crippen molar-refractivity contribution >= 4 is 11.6 Å². The van der Waals surface area contributed by atoms with Crippen molar-refractivity contribution in [1.29, 1.82) is 0 Å². The Morgan fingerprint density at radius 3 is 2.78 bits per heavy atom. The average Bonchev–Trinajstić information content (AvgIpc) is 2.37. The highest BCUT2D eigenvalue weighted by atomic mass is 16.5. The molecule has 0 aliphatic heterocycles. The first-order valence-electron chi connectivity index (χ1n) is 5.78. The molecule has 6 nitrogen and oxygen atoms in total. The molecule has 0 unspecified atom stereocenters. The number of hydrogen-bond donors (Lipinski definition) is 2. The average molecular weight is 253 g/mol. The van der Waals surface area contributed by atoms with Gasteiger partial charge in [0.1, 0.15) is 5.69 Å². The van der Waals surface area contributed by atoms with Crippen LogP contribution in [0.15, 0.2) is 18.3 Å². The van der Waals surface area contributed by atoms with Crippen LogP contribution in [0.5, 0.6) is 0 Å². The molecule has 2 N–H and O–H groups in total. The molecule has 1 rings (SSSR count). The molecule has 18 heavy (non-hydrogen) atoms. The Hall–Kier alpha value is -1.66. The van der Waals surface area contributed by atoms with Crippen LogP contribution in [0.25, 0.3) is 0 Å². The number of carbonyl (C=O) groups is 1. The van der Waals surface area contributed by atoms with Crippen molar-refractivity contribution in [3.8, 4) is 0 Å². The summed E-state index contributed by atoms with van der Waals surface area (Å²) in [5, 5.41) is 8.47. The first kappa shape index (κ1) is 14.4. The molecule has 0 atom stereocenters. The highest BCUT2D eigenvalue weighted by molar-refractivity contribution is 5.91. The third-order valence-electron chi connectivity index (χ3n) is 2.40. The molecule has 1 heterocycles. The van der Waals surface area contributed by atoms with E-state index in [0.717, 1.165) is 12.2 Å². The lowest BCUT2D eigenvalue weighted by atomic mass is 10.3. The molecule has 0 bridgehead atoms. The molecular formula is C12H19N3O3. The van der Waals surface area contributed by atoms with Crippen molar-refractivity contribution in [3.63, 3.8) is 0 Å². The highest BCUT2D eigenvalue weighted by Crippen LogP contribution is 2.11. The van der Waals surface area contributed by atoms with E-state index in [9.17, 15) is 4.79 Å². The number of rotatable bonds is 6. The van der Waals surface area contributed by atoms with E-state index >= 15 is 0 Å². The van der Waals surface area contributed by atoms with Crippen molar-refractivity contribution in [2.75, 3.05) is 25.1 Å². The predicted octanol–water partition coefficient (Wildman–Crippen LogP) is 1.06. The molecule has 0 aliphatic carbocycles. The monoisotopic (exact) mass is 253 g/mol. The molecule has 6 heteroatoms. The van der Waals surface area contributed by atoms with Crippen molar-refractivity contribution in [1.82, 2.24) is 10.5 Å².